The van der Waals surface area contributed by atoms with Crippen LogP contribution in [0.2, 0.25) is 0 Å². The number of hydrogen-bond donors (Lipinski definition) is 2. The average molecular weight is 534 g/mol. The van der Waals surface area contributed by atoms with Crippen molar-refractivity contribution in [1.29, 1.82) is 0 Å². The zero-order valence-corrected chi connectivity index (χ0v) is 22.1. The summed E-state index contributed by atoms with van der Waals surface area (Å²) < 4.78 is 30.8. The van der Waals surface area contributed by atoms with E-state index in [1.54, 1.807) is 12.1 Å². The van der Waals surface area contributed by atoms with Crippen molar-refractivity contribution >= 4 is 22.6 Å². The van der Waals surface area contributed by atoms with Crippen LogP contribution in [0.5, 0.6) is 0 Å². The molecule has 1 aromatic carbocycles. The van der Waals surface area contributed by atoms with E-state index in [4.69, 9.17) is 23.4 Å². The van der Waals surface area contributed by atoms with Gasteiger partial charge in [-0.25, -0.2) is 9.59 Å². The summed E-state index contributed by atoms with van der Waals surface area (Å²) in [7, 11) is 0. The third kappa shape index (κ3) is 2.27. The minimum absolute atomic E-state index is 0.0358. The first-order chi connectivity index (χ1) is 18.6. The van der Waals surface area contributed by atoms with Gasteiger partial charge in [0.05, 0.1) is 6.10 Å². The van der Waals surface area contributed by atoms with E-state index in [0.29, 0.717) is 18.6 Å². The summed E-state index contributed by atoms with van der Waals surface area (Å²) in [6, 6.07) is 8.67. The van der Waals surface area contributed by atoms with Crippen LogP contribution in [0.25, 0.3) is 11.0 Å². The second-order valence-corrected chi connectivity index (χ2v) is 13.1. The van der Waals surface area contributed by atoms with E-state index >= 15 is 0 Å². The number of esters is 1. The van der Waals surface area contributed by atoms with Gasteiger partial charge in [0.15, 0.2) is 5.60 Å². The lowest BCUT2D eigenvalue weighted by molar-refractivity contribution is -0.159. The molecule has 0 radical (unpaired) electrons. The van der Waals surface area contributed by atoms with Crippen molar-refractivity contribution in [2.24, 2.45) is 17.3 Å². The zero-order valence-electron chi connectivity index (χ0n) is 22.1. The molecule has 7 aliphatic rings. The molecule has 204 valence electrons. The number of epoxide rings is 3. The monoisotopic (exact) mass is 533 g/mol. The van der Waals surface area contributed by atoms with E-state index < -0.39 is 22.4 Å². The minimum atomic E-state index is -1.36. The maximum Gasteiger partial charge on any atom is 0.336 e. The van der Waals surface area contributed by atoms with Crippen LogP contribution in [0.1, 0.15) is 40.0 Å². The van der Waals surface area contributed by atoms with Gasteiger partial charge in [0.1, 0.15) is 41.2 Å². The maximum absolute atomic E-state index is 13.0. The highest BCUT2D eigenvalue weighted by atomic mass is 16.7. The van der Waals surface area contributed by atoms with Gasteiger partial charge >= 0.3 is 11.6 Å². The number of anilines is 1. The predicted molar refractivity (Wildman–Crippen MR) is 137 cm³/mol. The number of nitrogens with one attached hydrogen (secondary N) is 1. The predicted octanol–water partition coefficient (Wildman–Crippen LogP) is 2.69. The topological polar surface area (TPSA) is 126 Å². The number of carbonyl (C=O) groups excluding carboxylic acids is 1. The molecule has 1 aromatic heterocycles. The van der Waals surface area contributed by atoms with Crippen LogP contribution in [-0.4, -0.2) is 64.9 Å². The number of cyclic esters (lactones) is 1. The molecule has 2 saturated carbocycles. The Morgan fingerprint density at radius 2 is 1.92 bits per heavy atom. The van der Waals surface area contributed by atoms with Gasteiger partial charge in [0.2, 0.25) is 0 Å². The van der Waals surface area contributed by atoms with E-state index in [-0.39, 0.29) is 53.7 Å². The molecule has 5 heterocycles. The average Bonchev–Trinajstić information content (AvgIpc) is 3.81. The van der Waals surface area contributed by atoms with Gasteiger partial charge in [-0.1, -0.05) is 20.8 Å². The molecule has 3 saturated heterocycles. The van der Waals surface area contributed by atoms with Gasteiger partial charge in [-0.2, -0.15) is 0 Å². The Balaban J connectivity index is 1.14. The third-order valence-electron chi connectivity index (χ3n) is 11.6. The molecule has 9 nitrogen and oxygen atoms in total. The molecule has 2 spiro atoms. The number of hydrogen-bond acceptors (Lipinski definition) is 9. The molecular weight excluding hydrogens is 502 g/mol. The van der Waals surface area contributed by atoms with Gasteiger partial charge in [-0.3, -0.25) is 0 Å². The van der Waals surface area contributed by atoms with E-state index in [9.17, 15) is 14.7 Å². The number of carbonyl (C=O) groups is 1. The first kappa shape index (κ1) is 23.0. The Bertz CT molecular complexity index is 1600. The Morgan fingerprint density at radius 3 is 2.74 bits per heavy atom. The summed E-state index contributed by atoms with van der Waals surface area (Å²) in [4.78, 5) is 24.0. The maximum atomic E-state index is 13.0. The van der Waals surface area contributed by atoms with Crippen LogP contribution in [0.4, 0.5) is 5.69 Å². The lowest BCUT2D eigenvalue weighted by Crippen LogP contribution is -2.77. The summed E-state index contributed by atoms with van der Waals surface area (Å²) in [5, 5.41) is 17.3. The van der Waals surface area contributed by atoms with Gasteiger partial charge in [0, 0.05) is 34.7 Å². The van der Waals surface area contributed by atoms with Crippen molar-refractivity contribution in [3.05, 3.63) is 51.9 Å². The van der Waals surface area contributed by atoms with Gasteiger partial charge in [-0.15, -0.1) is 0 Å². The fraction of sp³-hybridized carbons (Fsp3) is 0.600. The van der Waals surface area contributed by atoms with Crippen LogP contribution in [0, 0.1) is 17.3 Å². The molecule has 2 aromatic rings. The fourth-order valence-electron chi connectivity index (χ4n) is 9.76. The van der Waals surface area contributed by atoms with Gasteiger partial charge < -0.3 is 33.8 Å². The highest BCUT2D eigenvalue weighted by Crippen LogP contribution is 2.85. The summed E-state index contributed by atoms with van der Waals surface area (Å²) in [5.41, 5.74) is -1.22. The Kier molecular flexibility index (Phi) is 3.90. The highest BCUT2D eigenvalue weighted by Gasteiger charge is 3.04. The molecule has 0 unspecified atom stereocenters. The van der Waals surface area contributed by atoms with Crippen molar-refractivity contribution in [1.82, 2.24) is 0 Å². The number of fused-ring (bicyclic) bond motifs is 5. The third-order valence-corrected chi connectivity index (χ3v) is 11.6. The van der Waals surface area contributed by atoms with E-state index in [1.165, 1.54) is 6.07 Å². The van der Waals surface area contributed by atoms with Crippen LogP contribution in [0.15, 0.2) is 50.7 Å². The fourth-order valence-corrected chi connectivity index (χ4v) is 9.76. The molecule has 0 bridgehead atoms. The Morgan fingerprint density at radius 1 is 1.08 bits per heavy atom. The smallest absolute Gasteiger partial charge is 0.336 e. The molecule has 5 fully saturated rings. The first-order valence-electron chi connectivity index (χ1n) is 14.1. The molecule has 9 heteroatoms. The minimum Gasteiger partial charge on any atom is -0.458 e. The number of aliphatic hydroxyl groups is 1. The molecule has 9 atom stereocenters. The van der Waals surface area contributed by atoms with Crippen molar-refractivity contribution < 1.29 is 33.3 Å². The van der Waals surface area contributed by atoms with Crippen molar-refractivity contribution in [3.63, 3.8) is 0 Å². The van der Waals surface area contributed by atoms with Gasteiger partial charge in [0.25, 0.3) is 0 Å². The van der Waals surface area contributed by atoms with E-state index in [2.05, 4.69) is 26.1 Å². The molecule has 0 amide bonds. The summed E-state index contributed by atoms with van der Waals surface area (Å²) >= 11 is 0. The van der Waals surface area contributed by atoms with Crippen LogP contribution >= 0.6 is 0 Å². The van der Waals surface area contributed by atoms with Crippen LogP contribution in [0.3, 0.4) is 0 Å². The quantitative estimate of drug-likeness (QED) is 0.347. The lowest BCUT2D eigenvalue weighted by Gasteiger charge is -2.56. The highest BCUT2D eigenvalue weighted by molar-refractivity contribution is 5.92. The summed E-state index contributed by atoms with van der Waals surface area (Å²) in [6.45, 7) is 7.02. The molecule has 4 aliphatic heterocycles. The normalized spacial score (nSPS) is 47.9. The molecule has 39 heavy (non-hydrogen) atoms. The standard InChI is InChI=1S/C30H31NO8/c1-14(2)28-23(38-28)24-30(39-24)26(3)9-8-17-18(12-35-25(17)33)19(26)11-21-29(30,37-21)27(28,34)13-31-16-5-6-20-15(10-16)4-7-22(32)36-20/h4-7,10,14,19,21,23-24,31,34H,8-9,11-13H2,1-3H3/t19-,21-,23-,24-,26-,27-,28-,29+,30+/m0/s1. The van der Waals surface area contributed by atoms with Crippen molar-refractivity contribution in [2.45, 2.75) is 80.7 Å². The van der Waals surface area contributed by atoms with Gasteiger partial charge in [-0.05, 0) is 60.9 Å². The second-order valence-electron chi connectivity index (χ2n) is 13.1. The molecule has 2 N–H and O–H groups in total. The van der Waals surface area contributed by atoms with E-state index in [1.807, 2.05) is 12.1 Å². The zero-order chi connectivity index (χ0) is 26.7. The first-order valence-corrected chi connectivity index (χ1v) is 14.1. The van der Waals surface area contributed by atoms with Crippen molar-refractivity contribution in [2.75, 3.05) is 18.5 Å². The SMILES string of the molecule is CC(C)[C@]12O[C@H]1[C@@H]1O[C@]13[C@]1(O[C@H]1C[C@H]1C4=C(CC[C@@]13C)C(=O)OC4)[C@]2(O)CNc1ccc2oc(=O)ccc2c1. The summed E-state index contributed by atoms with van der Waals surface area (Å²) in [5.74, 6) is -0.0423. The largest absolute Gasteiger partial charge is 0.458 e. The Hall–Kier alpha value is -2.72. The number of rotatable bonds is 4. The molecular formula is C30H31NO8. The Labute approximate surface area is 224 Å². The lowest BCUT2D eigenvalue weighted by atomic mass is 9.44. The molecule has 3 aliphatic carbocycles. The van der Waals surface area contributed by atoms with Crippen molar-refractivity contribution in [3.8, 4) is 0 Å². The van der Waals surface area contributed by atoms with E-state index in [0.717, 1.165) is 35.1 Å². The number of benzene rings is 1. The molecule has 9 rings (SSSR count). The summed E-state index contributed by atoms with van der Waals surface area (Å²) in [6.07, 6.45) is 1.58. The van der Waals surface area contributed by atoms with Crippen LogP contribution in [-0.2, 0) is 23.7 Å². The number of ether oxygens (including phenoxy) is 4. The van der Waals surface area contributed by atoms with Crippen LogP contribution < -0.4 is 10.9 Å². The second kappa shape index (κ2) is 6.60.